The minimum absolute atomic E-state index is 0.513. The molecule has 1 atom stereocenters. The first-order valence-corrected chi connectivity index (χ1v) is 6.78. The van der Waals surface area contributed by atoms with E-state index in [0.717, 1.165) is 30.9 Å². The van der Waals surface area contributed by atoms with Gasteiger partial charge < -0.3 is 19.5 Å². The molecule has 19 heavy (non-hydrogen) atoms. The fourth-order valence-corrected chi connectivity index (χ4v) is 2.09. The fraction of sp³-hybridized carbons (Fsp3) is 0.600. The second-order valence-corrected chi connectivity index (χ2v) is 4.44. The van der Waals surface area contributed by atoms with Gasteiger partial charge in [0.2, 0.25) is 0 Å². The monoisotopic (exact) mass is 267 g/mol. The number of nitrogens with zero attached hydrogens (tertiary/aromatic N) is 1. The van der Waals surface area contributed by atoms with Gasteiger partial charge in [-0.3, -0.25) is 0 Å². The molecule has 0 aromatic heterocycles. The molecule has 1 N–H and O–H groups in total. The second kappa shape index (κ2) is 8.02. The molecule has 4 heteroatoms. The van der Waals surface area contributed by atoms with E-state index in [-0.39, 0.29) is 0 Å². The maximum Gasteiger partial charge on any atom is 0.128 e. The summed E-state index contributed by atoms with van der Waals surface area (Å²) in [6.45, 7) is 7.14. The van der Waals surface area contributed by atoms with Crippen LogP contribution in [0.4, 0.5) is 0 Å². The molecule has 1 unspecified atom stereocenters. The SMILES string of the molecule is CCN(CC)CCC(O)c1ccc(OC)cc1OC. The zero-order valence-electron chi connectivity index (χ0n) is 12.3. The molecule has 0 spiro atoms. The van der Waals surface area contributed by atoms with E-state index in [2.05, 4.69) is 18.7 Å². The van der Waals surface area contributed by atoms with E-state index in [1.54, 1.807) is 20.3 Å². The summed E-state index contributed by atoms with van der Waals surface area (Å²) >= 11 is 0. The minimum Gasteiger partial charge on any atom is -0.497 e. The maximum absolute atomic E-state index is 10.3. The third kappa shape index (κ3) is 4.40. The van der Waals surface area contributed by atoms with Crippen molar-refractivity contribution < 1.29 is 14.6 Å². The smallest absolute Gasteiger partial charge is 0.128 e. The molecule has 0 bridgehead atoms. The predicted octanol–water partition coefficient (Wildman–Crippen LogP) is 2.47. The Bertz CT molecular complexity index is 378. The molecule has 1 aromatic rings. The highest BCUT2D eigenvalue weighted by molar-refractivity contribution is 5.41. The molecule has 108 valence electrons. The van der Waals surface area contributed by atoms with Crippen LogP contribution in [0.2, 0.25) is 0 Å². The molecule has 4 nitrogen and oxygen atoms in total. The Hall–Kier alpha value is -1.26. The summed E-state index contributed by atoms with van der Waals surface area (Å²) in [6.07, 6.45) is 0.186. The molecular weight excluding hydrogens is 242 g/mol. The Morgan fingerprint density at radius 1 is 1.16 bits per heavy atom. The molecule has 1 aromatic carbocycles. The van der Waals surface area contributed by atoms with E-state index in [1.165, 1.54) is 0 Å². The van der Waals surface area contributed by atoms with Crippen molar-refractivity contribution in [3.63, 3.8) is 0 Å². The van der Waals surface area contributed by atoms with Crippen molar-refractivity contribution in [1.29, 1.82) is 0 Å². The summed E-state index contributed by atoms with van der Waals surface area (Å²) in [5.41, 5.74) is 0.815. The zero-order chi connectivity index (χ0) is 14.3. The third-order valence-electron chi connectivity index (χ3n) is 3.41. The Balaban J connectivity index is 2.73. The zero-order valence-corrected chi connectivity index (χ0v) is 12.3. The van der Waals surface area contributed by atoms with E-state index >= 15 is 0 Å². The van der Waals surface area contributed by atoms with Gasteiger partial charge in [-0.2, -0.15) is 0 Å². The molecule has 0 aliphatic heterocycles. The van der Waals surface area contributed by atoms with Crippen LogP contribution in [0.25, 0.3) is 0 Å². The van der Waals surface area contributed by atoms with Gasteiger partial charge in [0, 0.05) is 18.2 Å². The lowest BCUT2D eigenvalue weighted by Gasteiger charge is -2.21. The molecule has 0 aliphatic rings. The van der Waals surface area contributed by atoms with E-state index in [4.69, 9.17) is 9.47 Å². The van der Waals surface area contributed by atoms with Gasteiger partial charge in [0.15, 0.2) is 0 Å². The number of aliphatic hydroxyl groups excluding tert-OH is 1. The first-order chi connectivity index (χ1) is 9.15. The van der Waals surface area contributed by atoms with Crippen molar-refractivity contribution in [2.24, 2.45) is 0 Å². The molecule has 0 saturated heterocycles. The van der Waals surface area contributed by atoms with Crippen molar-refractivity contribution in [2.45, 2.75) is 26.4 Å². The van der Waals surface area contributed by atoms with Gasteiger partial charge in [-0.15, -0.1) is 0 Å². The van der Waals surface area contributed by atoms with Crippen LogP contribution in [0.5, 0.6) is 11.5 Å². The summed E-state index contributed by atoms with van der Waals surface area (Å²) in [4.78, 5) is 2.29. The Morgan fingerprint density at radius 2 is 1.84 bits per heavy atom. The van der Waals surface area contributed by atoms with Gasteiger partial charge >= 0.3 is 0 Å². The maximum atomic E-state index is 10.3. The predicted molar refractivity (Wildman–Crippen MR) is 76.9 cm³/mol. The molecule has 0 heterocycles. The van der Waals surface area contributed by atoms with Crippen molar-refractivity contribution in [1.82, 2.24) is 4.90 Å². The topological polar surface area (TPSA) is 41.9 Å². The Labute approximate surface area is 115 Å². The Kier molecular flexibility index (Phi) is 6.67. The molecule has 1 rings (SSSR count). The van der Waals surface area contributed by atoms with Gasteiger partial charge in [0.25, 0.3) is 0 Å². The summed E-state index contributed by atoms with van der Waals surface area (Å²) in [6, 6.07) is 5.51. The van der Waals surface area contributed by atoms with Crippen molar-refractivity contribution in [2.75, 3.05) is 33.9 Å². The number of ether oxygens (including phenoxy) is 2. The number of methoxy groups -OCH3 is 2. The van der Waals surface area contributed by atoms with Gasteiger partial charge in [-0.05, 0) is 31.6 Å². The van der Waals surface area contributed by atoms with Crippen molar-refractivity contribution >= 4 is 0 Å². The highest BCUT2D eigenvalue weighted by atomic mass is 16.5. The third-order valence-corrected chi connectivity index (χ3v) is 3.41. The quantitative estimate of drug-likeness (QED) is 0.785. The highest BCUT2D eigenvalue weighted by Crippen LogP contribution is 2.30. The van der Waals surface area contributed by atoms with Crippen LogP contribution in [-0.4, -0.2) is 43.9 Å². The van der Waals surface area contributed by atoms with Crippen LogP contribution in [0, 0.1) is 0 Å². The van der Waals surface area contributed by atoms with Crippen LogP contribution in [-0.2, 0) is 0 Å². The summed E-state index contributed by atoms with van der Waals surface area (Å²) in [5.74, 6) is 1.41. The van der Waals surface area contributed by atoms with Crippen LogP contribution in [0.3, 0.4) is 0 Å². The van der Waals surface area contributed by atoms with E-state index in [1.807, 2.05) is 12.1 Å². The fourth-order valence-electron chi connectivity index (χ4n) is 2.09. The summed E-state index contributed by atoms with van der Waals surface area (Å²) < 4.78 is 10.5. The minimum atomic E-state index is -0.513. The van der Waals surface area contributed by atoms with E-state index in [9.17, 15) is 5.11 Å². The number of benzene rings is 1. The second-order valence-electron chi connectivity index (χ2n) is 4.44. The lowest BCUT2D eigenvalue weighted by Crippen LogP contribution is -2.25. The van der Waals surface area contributed by atoms with Crippen LogP contribution in [0.15, 0.2) is 18.2 Å². The first kappa shape index (κ1) is 15.8. The molecule has 0 amide bonds. The van der Waals surface area contributed by atoms with E-state index in [0.29, 0.717) is 12.2 Å². The molecule has 0 saturated carbocycles. The average molecular weight is 267 g/mol. The molecule has 0 radical (unpaired) electrons. The van der Waals surface area contributed by atoms with Crippen LogP contribution < -0.4 is 9.47 Å². The first-order valence-electron chi connectivity index (χ1n) is 6.78. The summed E-state index contributed by atoms with van der Waals surface area (Å²) in [7, 11) is 3.22. The lowest BCUT2D eigenvalue weighted by molar-refractivity contribution is 0.142. The van der Waals surface area contributed by atoms with Crippen LogP contribution >= 0.6 is 0 Å². The van der Waals surface area contributed by atoms with E-state index < -0.39 is 6.10 Å². The number of hydrogen-bond donors (Lipinski definition) is 1. The van der Waals surface area contributed by atoms with Crippen molar-refractivity contribution in [3.05, 3.63) is 23.8 Å². The van der Waals surface area contributed by atoms with Crippen LogP contribution in [0.1, 0.15) is 31.9 Å². The number of aliphatic hydroxyl groups is 1. The highest BCUT2D eigenvalue weighted by Gasteiger charge is 2.15. The summed E-state index contributed by atoms with van der Waals surface area (Å²) in [5, 5.41) is 10.3. The van der Waals surface area contributed by atoms with Gasteiger partial charge in [0.1, 0.15) is 11.5 Å². The van der Waals surface area contributed by atoms with Gasteiger partial charge in [-0.25, -0.2) is 0 Å². The molecule has 0 fully saturated rings. The van der Waals surface area contributed by atoms with Crippen molar-refractivity contribution in [3.8, 4) is 11.5 Å². The van der Waals surface area contributed by atoms with Gasteiger partial charge in [0.05, 0.1) is 20.3 Å². The average Bonchev–Trinajstić information content (AvgIpc) is 2.47. The Morgan fingerprint density at radius 3 is 2.37 bits per heavy atom. The molecule has 0 aliphatic carbocycles. The number of rotatable bonds is 8. The molecular formula is C15H25NO3. The lowest BCUT2D eigenvalue weighted by atomic mass is 10.0. The largest absolute Gasteiger partial charge is 0.497 e. The normalized spacial score (nSPS) is 12.5. The number of hydrogen-bond acceptors (Lipinski definition) is 4. The standard InChI is InChI=1S/C15H25NO3/c1-5-16(6-2)10-9-14(17)13-8-7-12(18-3)11-15(13)19-4/h7-8,11,14,17H,5-6,9-10H2,1-4H3. The van der Waals surface area contributed by atoms with Gasteiger partial charge in [-0.1, -0.05) is 13.8 Å².